The minimum atomic E-state index is -2.75. The zero-order chi connectivity index (χ0) is 10.7. The molecule has 1 unspecified atom stereocenters. The molecule has 0 fully saturated rings. The summed E-state index contributed by atoms with van der Waals surface area (Å²) in [4.78, 5) is 0. The summed E-state index contributed by atoms with van der Waals surface area (Å²) in [5.74, 6) is 2.77. The first-order valence-electron chi connectivity index (χ1n) is 4.68. The molecule has 0 saturated carbocycles. The van der Waals surface area contributed by atoms with Crippen molar-refractivity contribution in [3.8, 4) is 11.8 Å². The highest BCUT2D eigenvalue weighted by Crippen LogP contribution is 2.34. The third-order valence-electron chi connectivity index (χ3n) is 2.39. The molecule has 1 aliphatic carbocycles. The van der Waals surface area contributed by atoms with Crippen LogP contribution in [0, 0.1) is 11.8 Å². The highest BCUT2D eigenvalue weighted by Gasteiger charge is 2.36. The Morgan fingerprint density at radius 1 is 1.36 bits per heavy atom. The summed E-state index contributed by atoms with van der Waals surface area (Å²) in [7, 11) is 0. The molecule has 3 heteroatoms. The van der Waals surface area contributed by atoms with Gasteiger partial charge in [-0.25, -0.2) is 8.78 Å². The molecular formula is C11H14F2O. The summed E-state index contributed by atoms with van der Waals surface area (Å²) in [5.41, 5.74) is -1.08. The second-order valence-electron chi connectivity index (χ2n) is 3.62. The van der Waals surface area contributed by atoms with Crippen molar-refractivity contribution < 1.29 is 13.9 Å². The Bertz CT molecular complexity index is 285. The van der Waals surface area contributed by atoms with E-state index in [2.05, 4.69) is 11.8 Å². The Kier molecular flexibility index (Phi) is 3.28. The van der Waals surface area contributed by atoms with Gasteiger partial charge in [0, 0.05) is 12.8 Å². The van der Waals surface area contributed by atoms with Gasteiger partial charge in [-0.2, -0.15) is 0 Å². The fraction of sp³-hybridized carbons (Fsp3) is 0.636. The van der Waals surface area contributed by atoms with Crippen LogP contribution in [0.1, 0.15) is 32.6 Å². The fourth-order valence-electron chi connectivity index (χ4n) is 1.44. The van der Waals surface area contributed by atoms with Gasteiger partial charge in [-0.1, -0.05) is 6.08 Å². The molecule has 0 spiro atoms. The van der Waals surface area contributed by atoms with Crippen LogP contribution in [0.3, 0.4) is 0 Å². The first-order chi connectivity index (χ1) is 6.47. The maximum absolute atomic E-state index is 12.7. The van der Waals surface area contributed by atoms with Gasteiger partial charge >= 0.3 is 0 Å². The molecule has 0 bridgehead atoms. The Morgan fingerprint density at radius 3 is 2.57 bits per heavy atom. The number of rotatable bonds is 2. The molecule has 1 nitrogen and oxygen atoms in total. The maximum atomic E-state index is 12.7. The summed E-state index contributed by atoms with van der Waals surface area (Å²) in [6.45, 7) is 1.72. The van der Waals surface area contributed by atoms with Crippen LogP contribution in [-0.4, -0.2) is 16.6 Å². The van der Waals surface area contributed by atoms with Crippen molar-refractivity contribution in [2.24, 2.45) is 0 Å². The third kappa shape index (κ3) is 3.12. The smallest absolute Gasteiger partial charge is 0.266 e. The van der Waals surface area contributed by atoms with E-state index in [-0.39, 0.29) is 12.8 Å². The van der Waals surface area contributed by atoms with Crippen LogP contribution in [0.2, 0.25) is 0 Å². The first-order valence-corrected chi connectivity index (χ1v) is 4.68. The van der Waals surface area contributed by atoms with E-state index in [1.54, 1.807) is 6.92 Å². The Morgan fingerprint density at radius 2 is 2.07 bits per heavy atom. The maximum Gasteiger partial charge on any atom is 0.266 e. The highest BCUT2D eigenvalue weighted by molar-refractivity contribution is 5.12. The van der Waals surface area contributed by atoms with Gasteiger partial charge in [0.15, 0.2) is 0 Å². The standard InChI is InChI=1S/C11H14F2O/c1-2-3-4-5-10(14)6-8-11(12,13)9-7-10/h6,8,14H,4-5,7,9H2,1H3. The minimum Gasteiger partial charge on any atom is -0.386 e. The molecule has 0 aliphatic heterocycles. The summed E-state index contributed by atoms with van der Waals surface area (Å²) in [6.07, 6.45) is 2.83. The van der Waals surface area contributed by atoms with Crippen molar-refractivity contribution in [2.75, 3.05) is 0 Å². The molecule has 0 aromatic carbocycles. The summed E-state index contributed by atoms with van der Waals surface area (Å²) in [5, 5.41) is 9.84. The molecule has 1 atom stereocenters. The monoisotopic (exact) mass is 200 g/mol. The molecule has 14 heavy (non-hydrogen) atoms. The van der Waals surface area contributed by atoms with Gasteiger partial charge in [-0.3, -0.25) is 0 Å². The third-order valence-corrected chi connectivity index (χ3v) is 2.39. The largest absolute Gasteiger partial charge is 0.386 e. The van der Waals surface area contributed by atoms with Gasteiger partial charge in [-0.05, 0) is 25.8 Å². The lowest BCUT2D eigenvalue weighted by atomic mass is 9.86. The Balaban J connectivity index is 2.55. The van der Waals surface area contributed by atoms with E-state index in [9.17, 15) is 13.9 Å². The second kappa shape index (κ2) is 4.10. The lowest BCUT2D eigenvalue weighted by Gasteiger charge is -2.30. The molecule has 0 heterocycles. The molecule has 0 amide bonds. The van der Waals surface area contributed by atoms with E-state index < -0.39 is 11.5 Å². The SMILES string of the molecule is CC#CCCC1(O)C=CC(F)(F)CC1. The average molecular weight is 200 g/mol. The van der Waals surface area contributed by atoms with E-state index in [1.165, 1.54) is 6.08 Å². The van der Waals surface area contributed by atoms with E-state index in [4.69, 9.17) is 0 Å². The quantitative estimate of drug-likeness (QED) is 0.536. The van der Waals surface area contributed by atoms with Crippen molar-refractivity contribution in [3.05, 3.63) is 12.2 Å². The van der Waals surface area contributed by atoms with E-state index in [1.807, 2.05) is 0 Å². The van der Waals surface area contributed by atoms with E-state index in [0.29, 0.717) is 12.8 Å². The zero-order valence-electron chi connectivity index (χ0n) is 8.19. The number of hydrogen-bond acceptors (Lipinski definition) is 1. The molecule has 1 N–H and O–H groups in total. The molecule has 0 aromatic heterocycles. The normalized spacial score (nSPS) is 29.4. The van der Waals surface area contributed by atoms with Crippen molar-refractivity contribution in [1.82, 2.24) is 0 Å². The minimum absolute atomic E-state index is 0.113. The van der Waals surface area contributed by atoms with E-state index >= 15 is 0 Å². The average Bonchev–Trinajstić information content (AvgIpc) is 2.12. The fourth-order valence-corrected chi connectivity index (χ4v) is 1.44. The van der Waals surface area contributed by atoms with Crippen LogP contribution in [0.4, 0.5) is 8.78 Å². The number of hydrogen-bond donors (Lipinski definition) is 1. The predicted molar refractivity (Wildman–Crippen MR) is 51.0 cm³/mol. The molecule has 0 aromatic rings. The molecule has 1 rings (SSSR count). The number of aliphatic hydroxyl groups is 1. The highest BCUT2D eigenvalue weighted by atomic mass is 19.3. The number of alkyl halides is 2. The van der Waals surface area contributed by atoms with Gasteiger partial charge in [0.2, 0.25) is 0 Å². The lowest BCUT2D eigenvalue weighted by Crippen LogP contribution is -2.33. The summed E-state index contributed by atoms with van der Waals surface area (Å²) in [6, 6.07) is 0. The van der Waals surface area contributed by atoms with Gasteiger partial charge < -0.3 is 5.11 Å². The van der Waals surface area contributed by atoms with Crippen LogP contribution < -0.4 is 0 Å². The van der Waals surface area contributed by atoms with Gasteiger partial charge in [0.05, 0.1) is 5.60 Å². The van der Waals surface area contributed by atoms with Crippen molar-refractivity contribution >= 4 is 0 Å². The van der Waals surface area contributed by atoms with E-state index in [0.717, 1.165) is 6.08 Å². The molecular weight excluding hydrogens is 186 g/mol. The second-order valence-corrected chi connectivity index (χ2v) is 3.62. The van der Waals surface area contributed by atoms with Crippen LogP contribution in [0.15, 0.2) is 12.2 Å². The lowest BCUT2D eigenvalue weighted by molar-refractivity contribution is -0.0142. The topological polar surface area (TPSA) is 20.2 Å². The van der Waals surface area contributed by atoms with Crippen LogP contribution >= 0.6 is 0 Å². The first kappa shape index (κ1) is 11.2. The van der Waals surface area contributed by atoms with Crippen LogP contribution in [0.5, 0.6) is 0 Å². The Hall–Kier alpha value is -0.880. The number of halogens is 2. The van der Waals surface area contributed by atoms with Crippen molar-refractivity contribution in [1.29, 1.82) is 0 Å². The number of allylic oxidation sites excluding steroid dienone is 1. The predicted octanol–water partition coefficient (Wildman–Crippen LogP) is 2.51. The summed E-state index contributed by atoms with van der Waals surface area (Å²) >= 11 is 0. The molecule has 0 radical (unpaired) electrons. The van der Waals surface area contributed by atoms with Crippen LogP contribution in [-0.2, 0) is 0 Å². The van der Waals surface area contributed by atoms with Crippen molar-refractivity contribution in [2.45, 2.75) is 44.1 Å². The summed E-state index contributed by atoms with van der Waals surface area (Å²) < 4.78 is 25.4. The zero-order valence-corrected chi connectivity index (χ0v) is 8.19. The molecule has 1 aliphatic rings. The van der Waals surface area contributed by atoms with Crippen molar-refractivity contribution in [3.63, 3.8) is 0 Å². The molecule has 78 valence electrons. The molecule has 0 saturated heterocycles. The Labute approximate surface area is 82.8 Å². The van der Waals surface area contributed by atoms with Crippen LogP contribution in [0.25, 0.3) is 0 Å². The van der Waals surface area contributed by atoms with Gasteiger partial charge in [0.25, 0.3) is 5.92 Å². The van der Waals surface area contributed by atoms with Gasteiger partial charge in [-0.15, -0.1) is 11.8 Å². The van der Waals surface area contributed by atoms with Gasteiger partial charge in [0.1, 0.15) is 0 Å².